The van der Waals surface area contributed by atoms with Gasteiger partial charge in [-0.2, -0.15) is 0 Å². The Morgan fingerprint density at radius 3 is 2.62 bits per heavy atom. The van der Waals surface area contributed by atoms with Crippen molar-refractivity contribution in [2.24, 2.45) is 12.5 Å². The predicted octanol–water partition coefficient (Wildman–Crippen LogP) is 6.24. The van der Waals surface area contributed by atoms with Gasteiger partial charge in [-0.1, -0.05) is 24.3 Å². The van der Waals surface area contributed by atoms with Crippen molar-refractivity contribution in [2.45, 2.75) is 77.6 Å². The van der Waals surface area contributed by atoms with Crippen molar-refractivity contribution in [1.82, 2.24) is 34.3 Å². The molecule has 14 heteroatoms. The number of aliphatic carboxylic acids is 1. The first-order chi connectivity index (χ1) is 26.5. The third-order valence-electron chi connectivity index (χ3n) is 11.9. The molecule has 5 aromatic rings. The number of carbonyl (C=O) groups excluding carboxylic acids is 1. The number of carboxylic acid groups (broad SMARTS) is 1. The van der Waals surface area contributed by atoms with Gasteiger partial charge in [-0.15, -0.1) is 0 Å². The number of anilines is 3. The minimum Gasteiger partial charge on any atom is -0.481 e. The van der Waals surface area contributed by atoms with E-state index in [0.717, 1.165) is 88.0 Å². The number of aliphatic hydroxyl groups excluding tert-OH is 1. The quantitative estimate of drug-likeness (QED) is 0.146. The molecule has 0 radical (unpaired) electrons. The Labute approximate surface area is 325 Å². The molecule has 1 amide bonds. The molecule has 2 fully saturated rings. The lowest BCUT2D eigenvalue weighted by Gasteiger charge is -2.41. The first-order valence-corrected chi connectivity index (χ1v) is 19.3. The van der Waals surface area contributed by atoms with Gasteiger partial charge in [-0.05, 0) is 92.5 Å². The molecular formula is C41H46ClN9O4. The zero-order chi connectivity index (χ0) is 38.4. The average Bonchev–Trinajstić information content (AvgIpc) is 3.76. The van der Waals surface area contributed by atoms with Crippen LogP contribution >= 0.6 is 11.8 Å². The highest BCUT2D eigenvalue weighted by molar-refractivity contribution is 6.38. The van der Waals surface area contributed by atoms with Gasteiger partial charge in [0, 0.05) is 81.6 Å². The van der Waals surface area contributed by atoms with E-state index in [-0.39, 0.29) is 11.9 Å². The van der Waals surface area contributed by atoms with Crippen molar-refractivity contribution in [3.63, 3.8) is 0 Å². The maximum Gasteiger partial charge on any atom is 0.309 e. The second kappa shape index (κ2) is 14.9. The third kappa shape index (κ3) is 7.29. The fourth-order valence-corrected chi connectivity index (χ4v) is 8.64. The molecule has 0 bridgehead atoms. The molecular weight excluding hydrogens is 718 g/mol. The van der Waals surface area contributed by atoms with E-state index >= 15 is 0 Å². The molecule has 13 nitrogen and oxygen atoms in total. The topological polar surface area (TPSA) is 153 Å². The van der Waals surface area contributed by atoms with Gasteiger partial charge in [-0.25, -0.2) is 19.4 Å². The van der Waals surface area contributed by atoms with Crippen LogP contribution in [0.25, 0.3) is 22.2 Å². The summed E-state index contributed by atoms with van der Waals surface area (Å²) in [6, 6.07) is 15.9. The van der Waals surface area contributed by atoms with Gasteiger partial charge in [0.15, 0.2) is 5.82 Å². The summed E-state index contributed by atoms with van der Waals surface area (Å²) in [6.45, 7) is 7.58. The smallest absolute Gasteiger partial charge is 0.309 e. The Hall–Kier alpha value is -4.95. The largest absolute Gasteiger partial charge is 0.481 e. The number of nitrogens with one attached hydrogen (secondary N) is 1. The monoisotopic (exact) mass is 763 g/mol. The van der Waals surface area contributed by atoms with Gasteiger partial charge in [0.1, 0.15) is 11.8 Å². The van der Waals surface area contributed by atoms with Gasteiger partial charge in [-0.3, -0.25) is 24.4 Å². The van der Waals surface area contributed by atoms with Crippen molar-refractivity contribution in [3.05, 3.63) is 89.4 Å². The average molecular weight is 764 g/mol. The summed E-state index contributed by atoms with van der Waals surface area (Å²) in [4.78, 5) is 48.8. The normalized spacial score (nSPS) is 21.8. The molecule has 55 heavy (non-hydrogen) atoms. The summed E-state index contributed by atoms with van der Waals surface area (Å²) in [7, 11) is 1.87. The highest BCUT2D eigenvalue weighted by Gasteiger charge is 2.40. The van der Waals surface area contributed by atoms with E-state index in [0.29, 0.717) is 55.5 Å². The van der Waals surface area contributed by atoms with E-state index in [2.05, 4.69) is 25.1 Å². The number of benzene rings is 2. The molecule has 2 aliphatic heterocycles. The van der Waals surface area contributed by atoms with E-state index in [4.69, 9.17) is 21.7 Å². The number of fused-ring (bicyclic) bond motifs is 2. The molecule has 2 aromatic carbocycles. The molecule has 3 aromatic heterocycles. The number of carbonyl (C=O) groups is 2. The molecule has 1 saturated heterocycles. The number of carboxylic acids is 1. The van der Waals surface area contributed by atoms with Crippen molar-refractivity contribution >= 4 is 51.9 Å². The van der Waals surface area contributed by atoms with Crippen molar-refractivity contribution in [1.29, 1.82) is 0 Å². The molecule has 5 heterocycles. The zero-order valence-corrected chi connectivity index (χ0v) is 32.1. The number of pyridine rings is 1. The van der Waals surface area contributed by atoms with Crippen molar-refractivity contribution in [2.75, 3.05) is 29.4 Å². The standard InChI is InChI=1S/C41H46ClN9O4/c1-25-31(8-5-9-32(25)46-37-36-33(44-24-45-37)18-26(20-43-36)21-49-16-12-30(52)22-49)27-6-4-7-29(19-27)51(42)39(53)38-47-34-23-50(17-13-35(34)48(38)3)28-10-14-41(2,15-11-28)40(54)55/h4-9,18-20,24,28,30,52H,10-17,21-23H2,1-3H3,(H,54,55)(H,44,45,46). The van der Waals surface area contributed by atoms with Crippen LogP contribution in [0.1, 0.15) is 72.2 Å². The van der Waals surface area contributed by atoms with Crippen LogP contribution in [0.5, 0.6) is 0 Å². The van der Waals surface area contributed by atoms with E-state index in [1.54, 1.807) is 0 Å². The number of rotatable bonds is 9. The molecule has 0 spiro atoms. The van der Waals surface area contributed by atoms with Crippen molar-refractivity contribution < 1.29 is 19.8 Å². The van der Waals surface area contributed by atoms with E-state index in [1.807, 2.05) is 80.2 Å². The van der Waals surface area contributed by atoms with E-state index in [1.165, 1.54) is 6.33 Å². The van der Waals surface area contributed by atoms with Crippen LogP contribution in [0.3, 0.4) is 0 Å². The molecule has 1 atom stereocenters. The number of aliphatic hydroxyl groups is 1. The summed E-state index contributed by atoms with van der Waals surface area (Å²) in [5.74, 6) is -0.244. The molecule has 1 unspecified atom stereocenters. The highest BCUT2D eigenvalue weighted by atomic mass is 35.5. The molecule has 286 valence electrons. The van der Waals surface area contributed by atoms with Gasteiger partial charge in [0.2, 0.25) is 5.82 Å². The summed E-state index contributed by atoms with van der Waals surface area (Å²) >= 11 is 6.81. The Morgan fingerprint density at radius 1 is 1.05 bits per heavy atom. The number of nitrogens with zero attached hydrogens (tertiary/aromatic N) is 8. The molecule has 1 saturated carbocycles. The lowest BCUT2D eigenvalue weighted by molar-refractivity contribution is -0.150. The number of aromatic nitrogens is 5. The third-order valence-corrected chi connectivity index (χ3v) is 12.3. The first-order valence-electron chi connectivity index (χ1n) is 19.0. The van der Waals surface area contributed by atoms with Crippen LogP contribution < -0.4 is 9.74 Å². The van der Waals surface area contributed by atoms with Gasteiger partial charge in [0.05, 0.1) is 28.4 Å². The number of likely N-dealkylation sites (tertiary alicyclic amines) is 1. The molecule has 3 N–H and O–H groups in total. The molecule has 3 aliphatic rings. The number of hydrogen-bond donors (Lipinski definition) is 3. The lowest BCUT2D eigenvalue weighted by atomic mass is 9.73. The second-order valence-corrected chi connectivity index (χ2v) is 15.9. The summed E-state index contributed by atoms with van der Waals surface area (Å²) in [5.41, 5.74) is 7.90. The highest BCUT2D eigenvalue weighted by Crippen LogP contribution is 2.39. The Kier molecular flexibility index (Phi) is 10.1. The number of β-amino-alcohol motifs (C(OH)–C–C–N with tert-alkyl or cyclic N) is 1. The summed E-state index contributed by atoms with van der Waals surface area (Å²) in [5, 5.41) is 23.1. The molecule has 1 aliphatic carbocycles. The number of halogens is 1. The SMILES string of the molecule is Cc1c(Nc2ncnc3cc(CN4CCC(O)C4)cnc23)cccc1-c1cccc(N(Cl)C(=O)c2nc3c(n2C)CCN(C2CCC(C)(C(=O)O)CC2)C3)c1. The van der Waals surface area contributed by atoms with Crippen LogP contribution in [0.2, 0.25) is 0 Å². The fraction of sp³-hybridized carbons (Fsp3) is 0.415. The lowest BCUT2D eigenvalue weighted by Crippen LogP contribution is -2.44. The Morgan fingerprint density at radius 2 is 1.85 bits per heavy atom. The fourth-order valence-electron chi connectivity index (χ4n) is 8.46. The first kappa shape index (κ1) is 37.0. The number of hydrogen-bond acceptors (Lipinski definition) is 10. The Balaban J connectivity index is 0.974. The number of amides is 1. The summed E-state index contributed by atoms with van der Waals surface area (Å²) < 4.78 is 3.00. The van der Waals surface area contributed by atoms with Crippen LogP contribution in [-0.4, -0.2) is 88.2 Å². The molecule has 8 rings (SSSR count). The van der Waals surface area contributed by atoms with Crippen LogP contribution in [-0.2, 0) is 31.4 Å². The predicted molar refractivity (Wildman–Crippen MR) is 211 cm³/mol. The van der Waals surface area contributed by atoms with Crippen LogP contribution in [0.15, 0.2) is 61.1 Å². The maximum atomic E-state index is 13.9. The maximum absolute atomic E-state index is 13.9. The van der Waals surface area contributed by atoms with Gasteiger partial charge >= 0.3 is 11.9 Å². The van der Waals surface area contributed by atoms with Crippen LogP contribution in [0, 0.1) is 12.3 Å². The van der Waals surface area contributed by atoms with E-state index in [9.17, 15) is 19.8 Å². The zero-order valence-electron chi connectivity index (χ0n) is 31.4. The minimum absolute atomic E-state index is 0.274. The second-order valence-electron chi connectivity index (χ2n) is 15.6. The summed E-state index contributed by atoms with van der Waals surface area (Å²) in [6.07, 6.45) is 7.65. The Bertz CT molecular complexity index is 2270. The number of imidazole rings is 1. The van der Waals surface area contributed by atoms with Crippen LogP contribution in [0.4, 0.5) is 17.2 Å². The van der Waals surface area contributed by atoms with Gasteiger partial charge < -0.3 is 20.1 Å². The van der Waals surface area contributed by atoms with Gasteiger partial charge in [0.25, 0.3) is 0 Å². The van der Waals surface area contributed by atoms with E-state index < -0.39 is 17.3 Å². The van der Waals surface area contributed by atoms with Crippen molar-refractivity contribution in [3.8, 4) is 11.1 Å². The minimum atomic E-state index is -0.715.